The summed E-state index contributed by atoms with van der Waals surface area (Å²) in [5.74, 6) is 0. The van der Waals surface area contributed by atoms with Crippen LogP contribution in [0, 0.1) is 11.3 Å². The zero-order valence-corrected chi connectivity index (χ0v) is 12.8. The monoisotopic (exact) mass is 336 g/mol. The minimum Gasteiger partial charge on any atom is -0.381 e. The number of nitrogens with one attached hydrogen (secondary N) is 1. The van der Waals surface area contributed by atoms with Crippen LogP contribution in [0.2, 0.25) is 0 Å². The van der Waals surface area contributed by atoms with Crippen LogP contribution in [0.5, 0.6) is 0 Å². The lowest BCUT2D eigenvalue weighted by atomic mass is 9.89. The SMILES string of the molecule is N#Cc1ccc(Br)cc1NC1CCOC2(CCOC2)C1. The van der Waals surface area contributed by atoms with Crippen LogP contribution in [0.15, 0.2) is 22.7 Å². The topological polar surface area (TPSA) is 54.3 Å². The lowest BCUT2D eigenvalue weighted by Crippen LogP contribution is -2.45. The molecule has 0 saturated carbocycles. The van der Waals surface area contributed by atoms with E-state index in [0.717, 1.165) is 42.6 Å². The molecule has 2 fully saturated rings. The number of rotatable bonds is 2. The van der Waals surface area contributed by atoms with Crippen molar-refractivity contribution in [3.63, 3.8) is 0 Å². The van der Waals surface area contributed by atoms with Crippen LogP contribution in [0.1, 0.15) is 24.8 Å². The average Bonchev–Trinajstić information content (AvgIpc) is 2.87. The van der Waals surface area contributed by atoms with Gasteiger partial charge in [-0.15, -0.1) is 0 Å². The highest BCUT2D eigenvalue weighted by molar-refractivity contribution is 9.10. The van der Waals surface area contributed by atoms with Gasteiger partial charge in [0.2, 0.25) is 0 Å². The number of hydrogen-bond donors (Lipinski definition) is 1. The summed E-state index contributed by atoms with van der Waals surface area (Å²) >= 11 is 3.46. The first-order valence-electron chi connectivity index (χ1n) is 6.89. The molecule has 2 heterocycles. The fourth-order valence-corrected chi connectivity index (χ4v) is 3.33. The zero-order chi connectivity index (χ0) is 14.0. The molecule has 2 atom stereocenters. The largest absolute Gasteiger partial charge is 0.381 e. The van der Waals surface area contributed by atoms with E-state index in [0.29, 0.717) is 18.2 Å². The zero-order valence-electron chi connectivity index (χ0n) is 11.2. The Hall–Kier alpha value is -1.09. The first-order valence-corrected chi connectivity index (χ1v) is 7.68. The van der Waals surface area contributed by atoms with E-state index < -0.39 is 0 Å². The summed E-state index contributed by atoms with van der Waals surface area (Å²) in [5.41, 5.74) is 1.45. The Bertz CT molecular complexity index is 535. The van der Waals surface area contributed by atoms with Crippen molar-refractivity contribution in [3.05, 3.63) is 28.2 Å². The maximum Gasteiger partial charge on any atom is 0.101 e. The molecule has 0 radical (unpaired) electrons. The molecule has 20 heavy (non-hydrogen) atoms. The predicted molar refractivity (Wildman–Crippen MR) is 79.6 cm³/mol. The molecule has 2 aliphatic heterocycles. The second kappa shape index (κ2) is 5.72. The molecule has 0 bridgehead atoms. The van der Waals surface area contributed by atoms with Gasteiger partial charge in [-0.2, -0.15) is 5.26 Å². The number of nitrogens with zero attached hydrogens (tertiary/aromatic N) is 1. The van der Waals surface area contributed by atoms with E-state index in [1.165, 1.54) is 0 Å². The van der Waals surface area contributed by atoms with Crippen molar-refractivity contribution in [1.82, 2.24) is 0 Å². The standard InChI is InChI=1S/C15H17BrN2O2/c16-12-2-1-11(9-17)14(7-12)18-13-3-5-20-15(8-13)4-6-19-10-15/h1-2,7,13,18H,3-6,8,10H2. The van der Waals surface area contributed by atoms with Gasteiger partial charge in [0.05, 0.1) is 23.5 Å². The molecular formula is C15H17BrN2O2. The highest BCUT2D eigenvalue weighted by Crippen LogP contribution is 2.34. The fraction of sp³-hybridized carbons (Fsp3) is 0.533. The van der Waals surface area contributed by atoms with E-state index in [1.807, 2.05) is 18.2 Å². The van der Waals surface area contributed by atoms with E-state index in [1.54, 1.807) is 0 Å². The third-order valence-corrected chi connectivity index (χ3v) is 4.52. The summed E-state index contributed by atoms with van der Waals surface area (Å²) in [6.45, 7) is 2.22. The third-order valence-electron chi connectivity index (χ3n) is 4.02. The molecular weight excluding hydrogens is 320 g/mol. The Kier molecular flexibility index (Phi) is 3.97. The van der Waals surface area contributed by atoms with Crippen LogP contribution in [0.4, 0.5) is 5.69 Å². The molecule has 4 nitrogen and oxygen atoms in total. The smallest absolute Gasteiger partial charge is 0.101 e. The maximum absolute atomic E-state index is 9.19. The molecule has 0 aromatic heterocycles. The van der Waals surface area contributed by atoms with Crippen LogP contribution in [0.25, 0.3) is 0 Å². The minimum absolute atomic E-state index is 0.116. The van der Waals surface area contributed by atoms with Gasteiger partial charge in [0.25, 0.3) is 0 Å². The Balaban J connectivity index is 1.74. The normalized spacial score (nSPS) is 29.3. The number of ether oxygens (including phenoxy) is 2. The maximum atomic E-state index is 9.19. The van der Waals surface area contributed by atoms with Crippen LogP contribution >= 0.6 is 15.9 Å². The summed E-state index contributed by atoms with van der Waals surface area (Å²) in [4.78, 5) is 0. The Morgan fingerprint density at radius 2 is 2.30 bits per heavy atom. The van der Waals surface area contributed by atoms with E-state index in [2.05, 4.69) is 27.3 Å². The molecule has 2 unspecified atom stereocenters. The van der Waals surface area contributed by atoms with E-state index in [9.17, 15) is 5.26 Å². The van der Waals surface area contributed by atoms with E-state index >= 15 is 0 Å². The molecule has 1 N–H and O–H groups in total. The van der Waals surface area contributed by atoms with Gasteiger partial charge in [0.1, 0.15) is 6.07 Å². The molecule has 0 aliphatic carbocycles. The molecule has 2 saturated heterocycles. The highest BCUT2D eigenvalue weighted by Gasteiger charge is 2.41. The van der Waals surface area contributed by atoms with E-state index in [-0.39, 0.29) is 5.60 Å². The van der Waals surface area contributed by atoms with Crippen molar-refractivity contribution < 1.29 is 9.47 Å². The van der Waals surface area contributed by atoms with Gasteiger partial charge >= 0.3 is 0 Å². The Morgan fingerprint density at radius 3 is 3.05 bits per heavy atom. The van der Waals surface area contributed by atoms with Gasteiger partial charge in [-0.25, -0.2) is 0 Å². The first-order chi connectivity index (χ1) is 9.71. The lowest BCUT2D eigenvalue weighted by molar-refractivity contribution is -0.0828. The van der Waals surface area contributed by atoms with Crippen LogP contribution < -0.4 is 5.32 Å². The first kappa shape index (κ1) is 13.9. The molecule has 5 heteroatoms. The van der Waals surface area contributed by atoms with Crippen molar-refractivity contribution in [3.8, 4) is 6.07 Å². The van der Waals surface area contributed by atoms with Crippen molar-refractivity contribution in [2.75, 3.05) is 25.1 Å². The van der Waals surface area contributed by atoms with Gasteiger partial charge < -0.3 is 14.8 Å². The lowest BCUT2D eigenvalue weighted by Gasteiger charge is -2.37. The molecule has 3 rings (SSSR count). The van der Waals surface area contributed by atoms with Crippen molar-refractivity contribution >= 4 is 21.6 Å². The Labute approximate surface area is 127 Å². The van der Waals surface area contributed by atoms with Gasteiger partial charge in [-0.3, -0.25) is 0 Å². The summed E-state index contributed by atoms with van der Waals surface area (Å²) in [5, 5.41) is 12.7. The van der Waals surface area contributed by atoms with Crippen LogP contribution in [0.3, 0.4) is 0 Å². The summed E-state index contributed by atoms with van der Waals surface area (Å²) in [6.07, 6.45) is 2.86. The minimum atomic E-state index is -0.116. The molecule has 0 amide bonds. The summed E-state index contributed by atoms with van der Waals surface area (Å²) in [6, 6.07) is 8.25. The number of halogens is 1. The highest BCUT2D eigenvalue weighted by atomic mass is 79.9. The number of nitriles is 1. The van der Waals surface area contributed by atoms with Crippen molar-refractivity contribution in [2.24, 2.45) is 0 Å². The second-order valence-corrected chi connectivity index (χ2v) is 6.39. The molecule has 106 valence electrons. The molecule has 1 aromatic carbocycles. The number of benzene rings is 1. The summed E-state index contributed by atoms with van der Waals surface area (Å²) < 4.78 is 12.4. The average molecular weight is 337 g/mol. The van der Waals surface area contributed by atoms with Crippen molar-refractivity contribution in [2.45, 2.75) is 30.9 Å². The second-order valence-electron chi connectivity index (χ2n) is 5.47. The Morgan fingerprint density at radius 1 is 1.40 bits per heavy atom. The van der Waals surface area contributed by atoms with E-state index in [4.69, 9.17) is 9.47 Å². The molecule has 2 aliphatic rings. The fourth-order valence-electron chi connectivity index (χ4n) is 2.97. The van der Waals surface area contributed by atoms with Gasteiger partial charge in [-0.05, 0) is 31.0 Å². The third kappa shape index (κ3) is 2.83. The van der Waals surface area contributed by atoms with Crippen molar-refractivity contribution in [1.29, 1.82) is 5.26 Å². The van der Waals surface area contributed by atoms with Gasteiger partial charge in [0.15, 0.2) is 0 Å². The number of anilines is 1. The molecule has 1 spiro atoms. The predicted octanol–water partition coefficient (Wildman–Crippen LogP) is 3.07. The summed E-state index contributed by atoms with van der Waals surface area (Å²) in [7, 11) is 0. The van der Waals surface area contributed by atoms with Crippen LogP contribution in [-0.4, -0.2) is 31.5 Å². The number of hydrogen-bond acceptors (Lipinski definition) is 4. The quantitative estimate of drug-likeness (QED) is 0.901. The van der Waals surface area contributed by atoms with Gasteiger partial charge in [-0.1, -0.05) is 15.9 Å². The van der Waals surface area contributed by atoms with Gasteiger partial charge in [0, 0.05) is 30.1 Å². The van der Waals surface area contributed by atoms with Crippen LogP contribution in [-0.2, 0) is 9.47 Å². The molecule has 1 aromatic rings.